The summed E-state index contributed by atoms with van der Waals surface area (Å²) in [6.45, 7) is 6.41. The largest absolute Gasteiger partial charge is 0.352 e. The summed E-state index contributed by atoms with van der Waals surface area (Å²) >= 11 is 6.00. The van der Waals surface area contributed by atoms with Crippen LogP contribution in [-0.4, -0.2) is 28.0 Å². The monoisotopic (exact) mass is 269 g/mol. The van der Waals surface area contributed by atoms with E-state index < -0.39 is 0 Å². The molecule has 0 aliphatic carbocycles. The lowest BCUT2D eigenvalue weighted by molar-refractivity contribution is 0.0951. The molecule has 5 heteroatoms. The summed E-state index contributed by atoms with van der Waals surface area (Å²) in [5.41, 5.74) is 2.10. The Kier molecular flexibility index (Phi) is 6.05. The minimum atomic E-state index is -0.0928. The number of aryl methyl sites for hydroxylation is 2. The fourth-order valence-corrected chi connectivity index (χ4v) is 1.72. The zero-order valence-corrected chi connectivity index (χ0v) is 11.9. The molecule has 1 atom stereocenters. The molecule has 1 aromatic rings. The molecular formula is C13H20ClN3O. The van der Waals surface area contributed by atoms with Gasteiger partial charge in [0.2, 0.25) is 0 Å². The fraction of sp³-hybridized carbons (Fsp3) is 0.615. The van der Waals surface area contributed by atoms with Crippen LogP contribution in [0.5, 0.6) is 0 Å². The maximum atomic E-state index is 12.0. The highest BCUT2D eigenvalue weighted by molar-refractivity contribution is 6.20. The van der Waals surface area contributed by atoms with Crippen molar-refractivity contribution in [3.05, 3.63) is 23.0 Å². The normalized spacial score (nSPS) is 12.2. The summed E-state index contributed by atoms with van der Waals surface area (Å²) in [6, 6.07) is 1.78. The number of carbonyl (C=O) groups excluding carboxylic acids is 1. The Morgan fingerprint density at radius 3 is 2.78 bits per heavy atom. The van der Waals surface area contributed by atoms with Crippen molar-refractivity contribution >= 4 is 17.5 Å². The van der Waals surface area contributed by atoms with E-state index in [4.69, 9.17) is 11.6 Å². The van der Waals surface area contributed by atoms with Crippen LogP contribution in [0.15, 0.2) is 6.07 Å². The van der Waals surface area contributed by atoms with Crippen LogP contribution in [0, 0.1) is 6.92 Å². The van der Waals surface area contributed by atoms with Crippen LogP contribution in [0.3, 0.4) is 0 Å². The van der Waals surface area contributed by atoms with E-state index in [1.807, 2.05) is 20.8 Å². The molecule has 0 bridgehead atoms. The number of hydrogen-bond donors (Lipinski definition) is 1. The van der Waals surface area contributed by atoms with Gasteiger partial charge in [0.05, 0.1) is 17.0 Å². The second kappa shape index (κ2) is 7.31. The third kappa shape index (κ3) is 4.26. The van der Waals surface area contributed by atoms with Crippen molar-refractivity contribution in [3.8, 4) is 0 Å². The Morgan fingerprint density at radius 2 is 2.17 bits per heavy atom. The third-order valence-electron chi connectivity index (χ3n) is 2.76. The van der Waals surface area contributed by atoms with Crippen LogP contribution in [0.1, 0.15) is 48.4 Å². The van der Waals surface area contributed by atoms with Crippen LogP contribution < -0.4 is 5.32 Å². The molecule has 0 saturated heterocycles. The van der Waals surface area contributed by atoms with Gasteiger partial charge in [-0.05, 0) is 32.3 Å². The highest BCUT2D eigenvalue weighted by atomic mass is 35.5. The molecule has 0 saturated carbocycles. The Balaban J connectivity index is 2.63. The van der Waals surface area contributed by atoms with E-state index in [1.54, 1.807) is 6.07 Å². The molecule has 1 N–H and O–H groups in total. The Morgan fingerprint density at radius 1 is 1.44 bits per heavy atom. The maximum Gasteiger partial charge on any atom is 0.253 e. The first-order valence-electron chi connectivity index (χ1n) is 6.33. The highest BCUT2D eigenvalue weighted by Crippen LogP contribution is 2.08. The van der Waals surface area contributed by atoms with Crippen LogP contribution in [0.4, 0.5) is 0 Å². The van der Waals surface area contributed by atoms with E-state index >= 15 is 0 Å². The number of aromatic nitrogens is 2. The fourth-order valence-electron chi connectivity index (χ4n) is 1.61. The van der Waals surface area contributed by atoms with Gasteiger partial charge in [0.1, 0.15) is 0 Å². The van der Waals surface area contributed by atoms with Gasteiger partial charge in [0.25, 0.3) is 5.91 Å². The maximum absolute atomic E-state index is 12.0. The van der Waals surface area contributed by atoms with Gasteiger partial charge in [0, 0.05) is 11.9 Å². The molecule has 0 aliphatic rings. The molecule has 0 radical (unpaired) electrons. The molecule has 0 spiro atoms. The van der Waals surface area contributed by atoms with Crippen LogP contribution in [-0.2, 0) is 6.42 Å². The smallest absolute Gasteiger partial charge is 0.253 e. The number of rotatable bonds is 6. The second-order valence-electron chi connectivity index (χ2n) is 4.25. The quantitative estimate of drug-likeness (QED) is 0.808. The highest BCUT2D eigenvalue weighted by Gasteiger charge is 2.12. The first-order valence-corrected chi connectivity index (χ1v) is 6.77. The van der Waals surface area contributed by atoms with Gasteiger partial charge in [-0.25, -0.2) is 0 Å². The van der Waals surface area contributed by atoms with E-state index in [0.717, 1.165) is 24.2 Å². The molecule has 1 heterocycles. The Labute approximate surface area is 113 Å². The van der Waals surface area contributed by atoms with E-state index in [0.29, 0.717) is 18.5 Å². The van der Waals surface area contributed by atoms with Crippen molar-refractivity contribution in [3.63, 3.8) is 0 Å². The van der Waals surface area contributed by atoms with Crippen LogP contribution in [0.25, 0.3) is 0 Å². The summed E-state index contributed by atoms with van der Waals surface area (Å²) in [4.78, 5) is 12.0. The van der Waals surface area contributed by atoms with Gasteiger partial charge in [0.15, 0.2) is 0 Å². The summed E-state index contributed by atoms with van der Waals surface area (Å²) in [6.07, 6.45) is 2.39. The molecule has 1 aromatic heterocycles. The number of carbonyl (C=O) groups is 1. The molecule has 0 fully saturated rings. The van der Waals surface area contributed by atoms with Crippen LogP contribution >= 0.6 is 11.6 Å². The number of nitrogens with one attached hydrogen (secondary N) is 1. The minimum Gasteiger partial charge on any atom is -0.352 e. The van der Waals surface area contributed by atoms with E-state index in [-0.39, 0.29) is 11.3 Å². The first-order chi connectivity index (χ1) is 8.58. The lowest BCUT2D eigenvalue weighted by Gasteiger charge is -2.10. The average molecular weight is 270 g/mol. The van der Waals surface area contributed by atoms with Crippen molar-refractivity contribution < 1.29 is 4.79 Å². The van der Waals surface area contributed by atoms with Gasteiger partial charge in [-0.2, -0.15) is 10.2 Å². The minimum absolute atomic E-state index is 0.0928. The predicted octanol–water partition coefficient (Wildman–Crippen LogP) is 2.48. The second-order valence-corrected chi connectivity index (χ2v) is 4.87. The van der Waals surface area contributed by atoms with Crippen molar-refractivity contribution in [2.24, 2.45) is 0 Å². The molecule has 0 aromatic carbocycles. The van der Waals surface area contributed by atoms with Gasteiger partial charge in [-0.1, -0.05) is 13.8 Å². The summed E-state index contributed by atoms with van der Waals surface area (Å²) < 4.78 is 0. The number of nitrogens with zero attached hydrogens (tertiary/aromatic N) is 2. The number of halogens is 1. The Hall–Kier alpha value is -1.16. The number of hydrogen-bond acceptors (Lipinski definition) is 3. The van der Waals surface area contributed by atoms with Gasteiger partial charge in [-0.15, -0.1) is 11.6 Å². The summed E-state index contributed by atoms with van der Waals surface area (Å²) in [5.74, 6) is -0.0928. The average Bonchev–Trinajstić information content (AvgIpc) is 2.38. The lowest BCUT2D eigenvalue weighted by Crippen LogP contribution is -2.27. The SMILES string of the molecule is CCc1nnc(C)cc1C(=O)NCCC(Cl)CC. The molecular weight excluding hydrogens is 250 g/mol. The Bertz CT molecular complexity index is 409. The molecule has 4 nitrogen and oxygen atoms in total. The molecule has 0 aliphatic heterocycles. The first kappa shape index (κ1) is 14.9. The lowest BCUT2D eigenvalue weighted by atomic mass is 10.1. The molecule has 18 heavy (non-hydrogen) atoms. The van der Waals surface area contributed by atoms with Crippen molar-refractivity contribution in [1.82, 2.24) is 15.5 Å². The summed E-state index contributed by atoms with van der Waals surface area (Å²) in [7, 11) is 0. The standard InChI is InChI=1S/C13H20ClN3O/c1-4-10(14)6-7-15-13(18)11-8-9(3)16-17-12(11)5-2/h8,10H,4-7H2,1-3H3,(H,15,18). The zero-order valence-electron chi connectivity index (χ0n) is 11.2. The van der Waals surface area contributed by atoms with E-state index in [1.165, 1.54) is 0 Å². The van der Waals surface area contributed by atoms with Crippen molar-refractivity contribution in [2.75, 3.05) is 6.54 Å². The van der Waals surface area contributed by atoms with Crippen LogP contribution in [0.2, 0.25) is 0 Å². The topological polar surface area (TPSA) is 54.9 Å². The molecule has 100 valence electrons. The zero-order chi connectivity index (χ0) is 13.5. The van der Waals surface area contributed by atoms with Gasteiger partial charge >= 0.3 is 0 Å². The molecule has 1 unspecified atom stereocenters. The van der Waals surface area contributed by atoms with Crippen molar-refractivity contribution in [2.45, 2.75) is 45.4 Å². The van der Waals surface area contributed by atoms with E-state index in [2.05, 4.69) is 15.5 Å². The molecule has 1 rings (SSSR count). The van der Waals surface area contributed by atoms with Crippen molar-refractivity contribution in [1.29, 1.82) is 0 Å². The van der Waals surface area contributed by atoms with Gasteiger partial charge < -0.3 is 5.32 Å². The van der Waals surface area contributed by atoms with E-state index in [9.17, 15) is 4.79 Å². The van der Waals surface area contributed by atoms with Gasteiger partial charge in [-0.3, -0.25) is 4.79 Å². The third-order valence-corrected chi connectivity index (χ3v) is 3.29. The number of alkyl halides is 1. The predicted molar refractivity (Wildman–Crippen MR) is 73.0 cm³/mol. The number of amides is 1. The summed E-state index contributed by atoms with van der Waals surface area (Å²) in [5, 5.41) is 11.0. The molecule has 1 amide bonds.